The number of urea groups is 1. The van der Waals surface area contributed by atoms with E-state index in [1.165, 1.54) is 4.90 Å². The van der Waals surface area contributed by atoms with E-state index in [-0.39, 0.29) is 18.2 Å². The molecule has 1 aromatic rings. The highest BCUT2D eigenvalue weighted by molar-refractivity contribution is 7.99. The van der Waals surface area contributed by atoms with Gasteiger partial charge in [0.05, 0.1) is 12.1 Å². The Hall–Kier alpha value is -1.20. The predicted octanol–water partition coefficient (Wildman–Crippen LogP) is 3.41. The molecule has 1 aliphatic heterocycles. The quantitative estimate of drug-likeness (QED) is 0.835. The molecule has 0 aromatic heterocycles. The Labute approximate surface area is 137 Å². The van der Waals surface area contributed by atoms with Crippen LogP contribution in [0.15, 0.2) is 29.2 Å². The van der Waals surface area contributed by atoms with Crippen LogP contribution >= 0.6 is 11.8 Å². The number of aliphatic hydroxyl groups is 1. The standard InChI is InChI=1S/C17H26N2O2S/c1-12(2)22-16-8-6-14(7-9-16)13(3)18-17(21)19-10-4-5-15(20)11-19/h6-9,12-13,15,20H,4-5,10-11H2,1-3H3,(H,18,21)/t13-,15-/m1/s1. The van der Waals surface area contributed by atoms with E-state index in [1.54, 1.807) is 4.90 Å². The van der Waals surface area contributed by atoms with Gasteiger partial charge in [-0.2, -0.15) is 0 Å². The van der Waals surface area contributed by atoms with Crippen LogP contribution in [0.3, 0.4) is 0 Å². The topological polar surface area (TPSA) is 52.6 Å². The van der Waals surface area contributed by atoms with Crippen LogP contribution in [0.2, 0.25) is 0 Å². The molecule has 1 saturated heterocycles. The van der Waals surface area contributed by atoms with Crippen molar-refractivity contribution in [2.45, 2.75) is 55.9 Å². The fraction of sp³-hybridized carbons (Fsp3) is 0.588. The predicted molar refractivity (Wildman–Crippen MR) is 91.2 cm³/mol. The minimum absolute atomic E-state index is 0.0373. The van der Waals surface area contributed by atoms with Gasteiger partial charge in [0.25, 0.3) is 0 Å². The number of piperidine rings is 1. The van der Waals surface area contributed by atoms with Gasteiger partial charge in [-0.05, 0) is 37.5 Å². The number of amides is 2. The molecule has 122 valence electrons. The van der Waals surface area contributed by atoms with E-state index in [1.807, 2.05) is 18.7 Å². The first-order valence-electron chi connectivity index (χ1n) is 7.96. The third-order valence-electron chi connectivity index (χ3n) is 3.78. The van der Waals surface area contributed by atoms with Crippen LogP contribution in [0.5, 0.6) is 0 Å². The van der Waals surface area contributed by atoms with Crippen LogP contribution in [0.25, 0.3) is 0 Å². The smallest absolute Gasteiger partial charge is 0.317 e. The summed E-state index contributed by atoms with van der Waals surface area (Å²) in [6.45, 7) is 7.49. The van der Waals surface area contributed by atoms with Gasteiger partial charge in [0.15, 0.2) is 0 Å². The molecule has 0 saturated carbocycles. The Bertz CT molecular complexity index is 490. The molecule has 2 amide bonds. The molecule has 1 aliphatic rings. The van der Waals surface area contributed by atoms with E-state index in [4.69, 9.17) is 0 Å². The Morgan fingerprint density at radius 1 is 1.32 bits per heavy atom. The third-order valence-corrected chi connectivity index (χ3v) is 4.79. The molecule has 4 nitrogen and oxygen atoms in total. The van der Waals surface area contributed by atoms with Crippen molar-refractivity contribution < 1.29 is 9.90 Å². The van der Waals surface area contributed by atoms with Gasteiger partial charge in [-0.1, -0.05) is 26.0 Å². The van der Waals surface area contributed by atoms with Gasteiger partial charge in [-0.3, -0.25) is 0 Å². The minimum atomic E-state index is -0.387. The number of nitrogens with one attached hydrogen (secondary N) is 1. The summed E-state index contributed by atoms with van der Waals surface area (Å²) in [7, 11) is 0. The Kier molecular flexibility index (Phi) is 6.15. The molecule has 2 rings (SSSR count). The number of hydrogen-bond donors (Lipinski definition) is 2. The first-order chi connectivity index (χ1) is 10.5. The highest BCUT2D eigenvalue weighted by Gasteiger charge is 2.23. The summed E-state index contributed by atoms with van der Waals surface area (Å²) in [5, 5.41) is 13.2. The summed E-state index contributed by atoms with van der Waals surface area (Å²) in [4.78, 5) is 15.2. The number of nitrogens with zero attached hydrogens (tertiary/aromatic N) is 1. The number of rotatable bonds is 4. The highest BCUT2D eigenvalue weighted by atomic mass is 32.2. The average molecular weight is 322 g/mol. The van der Waals surface area contributed by atoms with Crippen LogP contribution < -0.4 is 5.32 Å². The second-order valence-corrected chi connectivity index (χ2v) is 7.80. The number of β-amino-alcohol motifs (C(OH)–C–C–N with tert-alkyl or cyclic N) is 1. The number of thioether (sulfide) groups is 1. The van der Waals surface area contributed by atoms with Gasteiger partial charge in [0.1, 0.15) is 0 Å². The number of hydrogen-bond acceptors (Lipinski definition) is 3. The summed E-state index contributed by atoms with van der Waals surface area (Å²) < 4.78 is 0. The lowest BCUT2D eigenvalue weighted by molar-refractivity contribution is 0.0835. The van der Waals surface area contributed by atoms with Gasteiger partial charge in [-0.25, -0.2) is 4.79 Å². The van der Waals surface area contributed by atoms with Crippen LogP contribution in [-0.2, 0) is 0 Å². The molecule has 0 aliphatic carbocycles. The number of aliphatic hydroxyl groups excluding tert-OH is 1. The molecule has 0 unspecified atom stereocenters. The largest absolute Gasteiger partial charge is 0.391 e. The maximum absolute atomic E-state index is 12.2. The molecular weight excluding hydrogens is 296 g/mol. The van der Waals surface area contributed by atoms with Crippen LogP contribution in [-0.4, -0.2) is 40.5 Å². The van der Waals surface area contributed by atoms with Crippen LogP contribution in [0.4, 0.5) is 4.79 Å². The van der Waals surface area contributed by atoms with Crippen molar-refractivity contribution in [3.05, 3.63) is 29.8 Å². The lowest BCUT2D eigenvalue weighted by Gasteiger charge is -2.31. The Morgan fingerprint density at radius 3 is 2.59 bits per heavy atom. The summed E-state index contributed by atoms with van der Waals surface area (Å²) in [5.41, 5.74) is 1.10. The zero-order valence-electron chi connectivity index (χ0n) is 13.6. The molecule has 0 spiro atoms. The van der Waals surface area contributed by atoms with Crippen molar-refractivity contribution >= 4 is 17.8 Å². The first-order valence-corrected chi connectivity index (χ1v) is 8.84. The summed E-state index contributed by atoms with van der Waals surface area (Å²) in [5.74, 6) is 0. The van der Waals surface area contributed by atoms with Gasteiger partial charge in [0, 0.05) is 23.2 Å². The minimum Gasteiger partial charge on any atom is -0.391 e. The van der Waals surface area contributed by atoms with Crippen molar-refractivity contribution in [1.29, 1.82) is 0 Å². The molecule has 5 heteroatoms. The monoisotopic (exact) mass is 322 g/mol. The lowest BCUT2D eigenvalue weighted by Crippen LogP contribution is -2.47. The van der Waals surface area contributed by atoms with Gasteiger partial charge < -0.3 is 15.3 Å². The Morgan fingerprint density at radius 2 is 2.00 bits per heavy atom. The number of benzene rings is 1. The molecule has 2 atom stereocenters. The van der Waals surface area contributed by atoms with Crippen molar-refractivity contribution in [3.8, 4) is 0 Å². The Balaban J connectivity index is 1.90. The van der Waals surface area contributed by atoms with Gasteiger partial charge >= 0.3 is 6.03 Å². The third kappa shape index (κ3) is 4.92. The van der Waals surface area contributed by atoms with E-state index in [0.717, 1.165) is 24.9 Å². The van der Waals surface area contributed by atoms with E-state index in [2.05, 4.69) is 43.4 Å². The average Bonchev–Trinajstić information content (AvgIpc) is 2.47. The lowest BCUT2D eigenvalue weighted by atomic mass is 10.1. The van der Waals surface area contributed by atoms with Crippen molar-refractivity contribution in [2.75, 3.05) is 13.1 Å². The summed E-state index contributed by atoms with van der Waals surface area (Å²) in [6, 6.07) is 8.22. The van der Waals surface area contributed by atoms with Crippen molar-refractivity contribution in [3.63, 3.8) is 0 Å². The molecule has 22 heavy (non-hydrogen) atoms. The normalized spacial score (nSPS) is 20.0. The number of likely N-dealkylation sites (tertiary alicyclic amines) is 1. The molecule has 0 radical (unpaired) electrons. The summed E-state index contributed by atoms with van der Waals surface area (Å²) >= 11 is 1.83. The maximum atomic E-state index is 12.2. The molecule has 1 fully saturated rings. The van der Waals surface area contributed by atoms with Crippen molar-refractivity contribution in [2.24, 2.45) is 0 Å². The molecule has 1 aromatic carbocycles. The number of carbonyl (C=O) groups excluding carboxylic acids is 1. The van der Waals surface area contributed by atoms with Gasteiger partial charge in [0.2, 0.25) is 0 Å². The summed E-state index contributed by atoms with van der Waals surface area (Å²) in [6.07, 6.45) is 1.26. The zero-order valence-corrected chi connectivity index (χ0v) is 14.4. The van der Waals surface area contributed by atoms with Crippen molar-refractivity contribution in [1.82, 2.24) is 10.2 Å². The molecule has 0 bridgehead atoms. The van der Waals surface area contributed by atoms with Crippen LogP contribution in [0.1, 0.15) is 45.2 Å². The second-order valence-electron chi connectivity index (χ2n) is 6.15. The number of carbonyl (C=O) groups is 1. The molecule has 2 N–H and O–H groups in total. The van der Waals surface area contributed by atoms with Gasteiger partial charge in [-0.15, -0.1) is 11.8 Å². The SMILES string of the molecule is CC(C)Sc1ccc([C@@H](C)NC(=O)N2CCC[C@@H](O)C2)cc1. The van der Waals surface area contributed by atoms with E-state index in [0.29, 0.717) is 11.8 Å². The first kappa shape index (κ1) is 17.2. The fourth-order valence-corrected chi connectivity index (χ4v) is 3.44. The molecular formula is C17H26N2O2S. The van der Waals surface area contributed by atoms with Crippen LogP contribution in [0, 0.1) is 0 Å². The van der Waals surface area contributed by atoms with E-state index >= 15 is 0 Å². The molecule has 1 heterocycles. The maximum Gasteiger partial charge on any atom is 0.317 e. The van der Waals surface area contributed by atoms with E-state index < -0.39 is 0 Å². The highest BCUT2D eigenvalue weighted by Crippen LogP contribution is 2.24. The second kappa shape index (κ2) is 7.88. The zero-order chi connectivity index (χ0) is 16.1. The fourth-order valence-electron chi connectivity index (χ4n) is 2.61. The van der Waals surface area contributed by atoms with E-state index in [9.17, 15) is 9.90 Å².